The third kappa shape index (κ3) is 3.16. The second kappa shape index (κ2) is 6.21. The summed E-state index contributed by atoms with van der Waals surface area (Å²) in [6.45, 7) is 2.02. The molecule has 1 heterocycles. The van der Waals surface area contributed by atoms with Crippen molar-refractivity contribution in [2.75, 3.05) is 0 Å². The van der Waals surface area contributed by atoms with Crippen molar-refractivity contribution in [3.63, 3.8) is 0 Å². The van der Waals surface area contributed by atoms with Crippen LogP contribution >= 0.6 is 0 Å². The Bertz CT molecular complexity index is 598. The average molecular weight is 272 g/mol. The zero-order valence-corrected chi connectivity index (χ0v) is 11.2. The summed E-state index contributed by atoms with van der Waals surface area (Å²) in [5, 5.41) is 11.0. The molecule has 0 saturated heterocycles. The Morgan fingerprint density at radius 1 is 1.30 bits per heavy atom. The number of rotatable bonds is 5. The lowest BCUT2D eigenvalue weighted by atomic mass is 10.1. The summed E-state index contributed by atoms with van der Waals surface area (Å²) >= 11 is 0. The van der Waals surface area contributed by atoms with Crippen molar-refractivity contribution in [2.24, 2.45) is 5.73 Å². The summed E-state index contributed by atoms with van der Waals surface area (Å²) < 4.78 is 0. The molecule has 1 aromatic carbocycles. The molecule has 0 saturated carbocycles. The van der Waals surface area contributed by atoms with Crippen LogP contribution in [0.25, 0.3) is 11.4 Å². The summed E-state index contributed by atoms with van der Waals surface area (Å²) in [5.74, 6) is 0.353. The molecule has 2 N–H and O–H groups in total. The van der Waals surface area contributed by atoms with Gasteiger partial charge in [0.05, 0.1) is 10.5 Å². The van der Waals surface area contributed by atoms with E-state index in [-0.39, 0.29) is 11.7 Å². The first-order valence-electron chi connectivity index (χ1n) is 6.42. The van der Waals surface area contributed by atoms with Crippen LogP contribution in [0.5, 0.6) is 0 Å². The number of hydrogen-bond donors (Lipinski definition) is 1. The molecule has 0 aliphatic carbocycles. The van der Waals surface area contributed by atoms with Gasteiger partial charge in [-0.3, -0.25) is 10.1 Å². The summed E-state index contributed by atoms with van der Waals surface area (Å²) in [7, 11) is 0. The van der Waals surface area contributed by atoms with Gasteiger partial charge in [-0.15, -0.1) is 0 Å². The van der Waals surface area contributed by atoms with Crippen molar-refractivity contribution >= 4 is 5.69 Å². The first-order chi connectivity index (χ1) is 9.61. The molecule has 0 aliphatic heterocycles. The van der Waals surface area contributed by atoms with Gasteiger partial charge in [-0.2, -0.15) is 0 Å². The summed E-state index contributed by atoms with van der Waals surface area (Å²) in [5.41, 5.74) is 7.23. The number of nitro groups is 1. The van der Waals surface area contributed by atoms with Gasteiger partial charge in [-0.25, -0.2) is 9.97 Å². The van der Waals surface area contributed by atoms with E-state index in [9.17, 15) is 10.1 Å². The Morgan fingerprint density at radius 3 is 2.55 bits per heavy atom. The zero-order chi connectivity index (χ0) is 14.5. The molecule has 6 nitrogen and oxygen atoms in total. The first kappa shape index (κ1) is 14.1. The van der Waals surface area contributed by atoms with Crippen molar-refractivity contribution in [3.8, 4) is 11.4 Å². The van der Waals surface area contributed by atoms with Crippen LogP contribution in [0.4, 0.5) is 5.69 Å². The molecule has 20 heavy (non-hydrogen) atoms. The second-order valence-corrected chi connectivity index (χ2v) is 4.56. The normalized spacial score (nSPS) is 12.1. The minimum Gasteiger partial charge on any atom is -0.327 e. The third-order valence-electron chi connectivity index (χ3n) is 3.07. The number of nitrogens with zero attached hydrogens (tertiary/aromatic N) is 3. The van der Waals surface area contributed by atoms with E-state index in [0.717, 1.165) is 12.0 Å². The second-order valence-electron chi connectivity index (χ2n) is 4.56. The molecule has 0 aliphatic rings. The van der Waals surface area contributed by atoms with Crippen molar-refractivity contribution in [1.82, 2.24) is 9.97 Å². The number of nitro benzene ring substituents is 1. The van der Waals surface area contributed by atoms with Gasteiger partial charge in [0.2, 0.25) is 0 Å². The van der Waals surface area contributed by atoms with Gasteiger partial charge >= 0.3 is 0 Å². The zero-order valence-electron chi connectivity index (χ0n) is 11.2. The van der Waals surface area contributed by atoms with E-state index in [1.807, 2.05) is 6.92 Å². The Balaban J connectivity index is 2.29. The van der Waals surface area contributed by atoms with E-state index < -0.39 is 4.92 Å². The number of nitrogens with two attached hydrogens (primary N) is 1. The Hall–Kier alpha value is -2.34. The van der Waals surface area contributed by atoms with Crippen molar-refractivity contribution in [2.45, 2.75) is 25.8 Å². The molecule has 0 amide bonds. The van der Waals surface area contributed by atoms with E-state index in [4.69, 9.17) is 5.73 Å². The van der Waals surface area contributed by atoms with Crippen molar-refractivity contribution < 1.29 is 4.92 Å². The highest BCUT2D eigenvalue weighted by atomic mass is 16.6. The maximum absolute atomic E-state index is 11.0. The number of aromatic nitrogens is 2. The van der Waals surface area contributed by atoms with Crippen LogP contribution in [0.1, 0.15) is 18.9 Å². The average Bonchev–Trinajstić information content (AvgIpc) is 2.48. The molecule has 1 aromatic heterocycles. The molecule has 1 atom stereocenters. The van der Waals surface area contributed by atoms with Gasteiger partial charge in [0.15, 0.2) is 5.82 Å². The molecule has 0 fully saturated rings. The monoisotopic (exact) mass is 272 g/mol. The van der Waals surface area contributed by atoms with Gasteiger partial charge in [-0.05, 0) is 24.5 Å². The van der Waals surface area contributed by atoms with Gasteiger partial charge in [-0.1, -0.05) is 19.1 Å². The molecular weight excluding hydrogens is 256 g/mol. The van der Waals surface area contributed by atoms with Crippen LogP contribution in [0, 0.1) is 10.1 Å². The standard InChI is InChI=1S/C14H16N4O2/c1-2-11(15)7-10-8-16-14(17-9-10)12-5-3-4-6-13(12)18(19)20/h3-6,8-9,11H,2,7,15H2,1H3. The van der Waals surface area contributed by atoms with Crippen LogP contribution in [0.2, 0.25) is 0 Å². The highest BCUT2D eigenvalue weighted by molar-refractivity contribution is 5.67. The fraction of sp³-hybridized carbons (Fsp3) is 0.286. The minimum atomic E-state index is -0.431. The van der Waals surface area contributed by atoms with Crippen molar-refractivity contribution in [3.05, 3.63) is 52.3 Å². The molecule has 6 heteroatoms. The van der Waals surface area contributed by atoms with Gasteiger partial charge in [0, 0.05) is 24.5 Å². The van der Waals surface area contributed by atoms with E-state index in [1.54, 1.807) is 30.6 Å². The minimum absolute atomic E-state index is 0.00510. The fourth-order valence-corrected chi connectivity index (χ4v) is 1.87. The van der Waals surface area contributed by atoms with E-state index in [2.05, 4.69) is 9.97 Å². The highest BCUT2D eigenvalue weighted by Crippen LogP contribution is 2.26. The predicted octanol–water partition coefficient (Wildman–Crippen LogP) is 2.33. The molecule has 2 aromatic rings. The first-order valence-corrected chi connectivity index (χ1v) is 6.42. The fourth-order valence-electron chi connectivity index (χ4n) is 1.87. The molecule has 2 rings (SSSR count). The van der Waals surface area contributed by atoms with E-state index >= 15 is 0 Å². The predicted molar refractivity (Wildman–Crippen MR) is 76.1 cm³/mol. The topological polar surface area (TPSA) is 94.9 Å². The SMILES string of the molecule is CCC(N)Cc1cnc(-c2ccccc2[N+](=O)[O-])nc1. The van der Waals surface area contributed by atoms with E-state index in [0.29, 0.717) is 17.8 Å². The van der Waals surface area contributed by atoms with Gasteiger partial charge in [0.25, 0.3) is 5.69 Å². The molecule has 104 valence electrons. The number of benzene rings is 1. The van der Waals surface area contributed by atoms with Crippen LogP contribution in [0.3, 0.4) is 0 Å². The lowest BCUT2D eigenvalue weighted by molar-refractivity contribution is -0.384. The maximum atomic E-state index is 11.0. The maximum Gasteiger partial charge on any atom is 0.280 e. The molecule has 0 spiro atoms. The number of para-hydroxylation sites is 1. The highest BCUT2D eigenvalue weighted by Gasteiger charge is 2.16. The molecular formula is C14H16N4O2. The van der Waals surface area contributed by atoms with Gasteiger partial charge in [0.1, 0.15) is 0 Å². The van der Waals surface area contributed by atoms with Gasteiger partial charge < -0.3 is 5.73 Å². The smallest absolute Gasteiger partial charge is 0.280 e. The van der Waals surface area contributed by atoms with E-state index in [1.165, 1.54) is 6.07 Å². The van der Waals surface area contributed by atoms with Crippen LogP contribution in [-0.4, -0.2) is 20.9 Å². The molecule has 0 bridgehead atoms. The largest absolute Gasteiger partial charge is 0.327 e. The Morgan fingerprint density at radius 2 is 1.95 bits per heavy atom. The Labute approximate surface area is 116 Å². The molecule has 1 unspecified atom stereocenters. The number of hydrogen-bond acceptors (Lipinski definition) is 5. The summed E-state index contributed by atoms with van der Waals surface area (Å²) in [6, 6.07) is 6.52. The van der Waals surface area contributed by atoms with Crippen LogP contribution < -0.4 is 5.73 Å². The molecule has 0 radical (unpaired) electrons. The lowest BCUT2D eigenvalue weighted by Crippen LogP contribution is -2.21. The van der Waals surface area contributed by atoms with Crippen molar-refractivity contribution in [1.29, 1.82) is 0 Å². The van der Waals surface area contributed by atoms with Crippen LogP contribution in [-0.2, 0) is 6.42 Å². The van der Waals surface area contributed by atoms with Crippen LogP contribution in [0.15, 0.2) is 36.7 Å². The quantitative estimate of drug-likeness (QED) is 0.665. The Kier molecular flexibility index (Phi) is 4.37. The summed E-state index contributed by atoms with van der Waals surface area (Å²) in [4.78, 5) is 19.0. The lowest BCUT2D eigenvalue weighted by Gasteiger charge is -2.08. The summed E-state index contributed by atoms with van der Waals surface area (Å²) in [6.07, 6.45) is 4.93. The third-order valence-corrected chi connectivity index (χ3v) is 3.07.